The summed E-state index contributed by atoms with van der Waals surface area (Å²) in [5, 5.41) is 11.5. The van der Waals surface area contributed by atoms with E-state index in [1.165, 1.54) is 6.42 Å². The predicted molar refractivity (Wildman–Crippen MR) is 72.2 cm³/mol. The van der Waals surface area contributed by atoms with Gasteiger partial charge in [0.2, 0.25) is 0 Å². The Labute approximate surface area is 112 Å². The van der Waals surface area contributed by atoms with Crippen LogP contribution in [0.5, 0.6) is 0 Å². The molecule has 0 saturated heterocycles. The minimum Gasteiger partial charge on any atom is -0.481 e. The Bertz CT molecular complexity index is 466. The highest BCUT2D eigenvalue weighted by Crippen LogP contribution is 2.24. The van der Waals surface area contributed by atoms with Gasteiger partial charge in [0, 0.05) is 18.8 Å². The van der Waals surface area contributed by atoms with Gasteiger partial charge in [0.15, 0.2) is 0 Å². The van der Waals surface area contributed by atoms with Crippen molar-refractivity contribution in [3.8, 4) is 0 Å². The molecule has 0 bridgehead atoms. The number of anilines is 1. The molecule has 0 aliphatic heterocycles. The van der Waals surface area contributed by atoms with Crippen LogP contribution in [0.2, 0.25) is 0 Å². The summed E-state index contributed by atoms with van der Waals surface area (Å²) >= 11 is 0. The van der Waals surface area contributed by atoms with Gasteiger partial charge in [-0.1, -0.05) is 12.1 Å². The maximum absolute atomic E-state index is 11.9. The van der Waals surface area contributed by atoms with E-state index in [0.29, 0.717) is 11.7 Å². The van der Waals surface area contributed by atoms with E-state index in [1.807, 2.05) is 0 Å². The van der Waals surface area contributed by atoms with Gasteiger partial charge in [-0.3, -0.25) is 4.79 Å². The van der Waals surface area contributed by atoms with E-state index in [2.05, 4.69) is 5.32 Å². The quantitative estimate of drug-likeness (QED) is 0.875. The number of rotatable bonds is 4. The lowest BCUT2D eigenvalue weighted by atomic mass is 9.92. The Hall–Kier alpha value is -2.04. The van der Waals surface area contributed by atoms with E-state index in [9.17, 15) is 9.59 Å². The topological polar surface area (TPSA) is 69.6 Å². The van der Waals surface area contributed by atoms with E-state index < -0.39 is 5.97 Å². The van der Waals surface area contributed by atoms with Crippen LogP contribution in [0.1, 0.15) is 24.8 Å². The molecular formula is C14H18N2O3. The van der Waals surface area contributed by atoms with Gasteiger partial charge < -0.3 is 15.3 Å². The fraction of sp³-hybridized carbons (Fsp3) is 0.429. The molecule has 5 heteroatoms. The Morgan fingerprint density at radius 1 is 1.32 bits per heavy atom. The van der Waals surface area contributed by atoms with Gasteiger partial charge in [-0.2, -0.15) is 0 Å². The molecular weight excluding hydrogens is 244 g/mol. The summed E-state index contributed by atoms with van der Waals surface area (Å²) in [4.78, 5) is 24.2. The molecule has 5 nitrogen and oxygen atoms in total. The normalized spacial score (nSPS) is 14.6. The smallest absolute Gasteiger partial charge is 0.321 e. The molecule has 2 amide bonds. The van der Waals surface area contributed by atoms with Gasteiger partial charge in [0.05, 0.1) is 6.42 Å². The number of hydrogen-bond donors (Lipinski definition) is 2. The highest BCUT2D eigenvalue weighted by molar-refractivity contribution is 5.89. The summed E-state index contributed by atoms with van der Waals surface area (Å²) in [5.41, 5.74) is 1.41. The van der Waals surface area contributed by atoms with Crippen molar-refractivity contribution >= 4 is 17.7 Å². The maximum atomic E-state index is 11.9. The number of carbonyl (C=O) groups is 2. The average Bonchev–Trinajstić information content (AvgIpc) is 2.28. The van der Waals surface area contributed by atoms with Crippen LogP contribution in [-0.2, 0) is 11.2 Å². The summed E-state index contributed by atoms with van der Waals surface area (Å²) in [5.74, 6) is -0.860. The zero-order valence-corrected chi connectivity index (χ0v) is 10.9. The molecule has 0 radical (unpaired) electrons. The molecule has 1 aliphatic carbocycles. The SMILES string of the molecule is CN(C(=O)Nc1ccc(CC(=O)O)cc1)C1CCC1. The molecule has 2 rings (SSSR count). The van der Waals surface area contributed by atoms with Crippen molar-refractivity contribution in [1.82, 2.24) is 4.90 Å². The number of benzene rings is 1. The standard InChI is InChI=1S/C14H18N2O3/c1-16(12-3-2-4-12)14(19)15-11-7-5-10(6-8-11)9-13(17)18/h5-8,12H,2-4,9H2,1H3,(H,15,19)(H,17,18). The Morgan fingerprint density at radius 3 is 2.42 bits per heavy atom. The number of carboxylic acid groups (broad SMARTS) is 1. The number of carbonyl (C=O) groups excluding carboxylic acids is 1. The first-order chi connectivity index (χ1) is 9.06. The van der Waals surface area contributed by atoms with Crippen LogP contribution in [0.3, 0.4) is 0 Å². The highest BCUT2D eigenvalue weighted by Gasteiger charge is 2.25. The summed E-state index contributed by atoms with van der Waals surface area (Å²) in [6.07, 6.45) is 3.32. The molecule has 0 atom stereocenters. The van der Waals surface area contributed by atoms with E-state index >= 15 is 0 Å². The summed E-state index contributed by atoms with van der Waals surface area (Å²) in [6.45, 7) is 0. The van der Waals surface area contributed by atoms with Crippen molar-refractivity contribution < 1.29 is 14.7 Å². The number of carboxylic acids is 1. The van der Waals surface area contributed by atoms with Crippen molar-refractivity contribution in [2.75, 3.05) is 12.4 Å². The zero-order valence-electron chi connectivity index (χ0n) is 10.9. The third-order valence-corrected chi connectivity index (χ3v) is 3.50. The average molecular weight is 262 g/mol. The maximum Gasteiger partial charge on any atom is 0.321 e. The molecule has 0 aromatic heterocycles. The molecule has 1 fully saturated rings. The Morgan fingerprint density at radius 2 is 1.95 bits per heavy atom. The second kappa shape index (κ2) is 5.73. The Kier molecular flexibility index (Phi) is 4.04. The lowest BCUT2D eigenvalue weighted by Crippen LogP contribution is -2.43. The third-order valence-electron chi connectivity index (χ3n) is 3.50. The van der Waals surface area contributed by atoms with Gasteiger partial charge >= 0.3 is 12.0 Å². The van der Waals surface area contributed by atoms with Crippen molar-refractivity contribution in [2.45, 2.75) is 31.7 Å². The van der Waals surface area contributed by atoms with Gasteiger partial charge in [-0.05, 0) is 37.0 Å². The van der Waals surface area contributed by atoms with Crippen molar-refractivity contribution in [1.29, 1.82) is 0 Å². The number of nitrogens with zero attached hydrogens (tertiary/aromatic N) is 1. The second-order valence-electron chi connectivity index (χ2n) is 4.89. The van der Waals surface area contributed by atoms with Gasteiger partial charge in [0.1, 0.15) is 0 Å². The van der Waals surface area contributed by atoms with Gasteiger partial charge in [0.25, 0.3) is 0 Å². The molecule has 1 aromatic carbocycles. The first-order valence-electron chi connectivity index (χ1n) is 6.41. The van der Waals surface area contributed by atoms with Crippen LogP contribution < -0.4 is 5.32 Å². The summed E-state index contributed by atoms with van der Waals surface area (Å²) in [6, 6.07) is 7.12. The third kappa shape index (κ3) is 3.47. The molecule has 0 spiro atoms. The van der Waals surface area contributed by atoms with E-state index in [1.54, 1.807) is 36.2 Å². The van der Waals surface area contributed by atoms with Crippen LogP contribution in [0.4, 0.5) is 10.5 Å². The molecule has 2 N–H and O–H groups in total. The predicted octanol–water partition coefficient (Wildman–Crippen LogP) is 2.33. The molecule has 19 heavy (non-hydrogen) atoms. The monoisotopic (exact) mass is 262 g/mol. The fourth-order valence-electron chi connectivity index (χ4n) is 2.03. The zero-order chi connectivity index (χ0) is 13.8. The molecule has 0 unspecified atom stereocenters. The van der Waals surface area contributed by atoms with Crippen molar-refractivity contribution in [3.05, 3.63) is 29.8 Å². The van der Waals surface area contributed by atoms with Crippen LogP contribution in [0, 0.1) is 0 Å². The van der Waals surface area contributed by atoms with E-state index in [-0.39, 0.29) is 12.5 Å². The van der Waals surface area contributed by atoms with Gasteiger partial charge in [-0.15, -0.1) is 0 Å². The van der Waals surface area contributed by atoms with E-state index in [4.69, 9.17) is 5.11 Å². The lowest BCUT2D eigenvalue weighted by Gasteiger charge is -2.34. The molecule has 1 aromatic rings. The van der Waals surface area contributed by atoms with Crippen LogP contribution in [-0.4, -0.2) is 35.1 Å². The number of urea groups is 1. The fourth-order valence-corrected chi connectivity index (χ4v) is 2.03. The van der Waals surface area contributed by atoms with Crippen LogP contribution in [0.25, 0.3) is 0 Å². The number of nitrogens with one attached hydrogen (secondary N) is 1. The molecule has 1 aliphatic rings. The minimum absolute atomic E-state index is 0.00377. The van der Waals surface area contributed by atoms with Crippen molar-refractivity contribution in [2.24, 2.45) is 0 Å². The number of aliphatic carboxylic acids is 1. The van der Waals surface area contributed by atoms with Crippen LogP contribution >= 0.6 is 0 Å². The molecule has 102 valence electrons. The van der Waals surface area contributed by atoms with E-state index in [0.717, 1.165) is 18.4 Å². The van der Waals surface area contributed by atoms with Crippen LogP contribution in [0.15, 0.2) is 24.3 Å². The second-order valence-corrected chi connectivity index (χ2v) is 4.89. The largest absolute Gasteiger partial charge is 0.481 e. The summed E-state index contributed by atoms with van der Waals surface area (Å²) < 4.78 is 0. The lowest BCUT2D eigenvalue weighted by molar-refractivity contribution is -0.136. The Balaban J connectivity index is 1.91. The molecule has 0 heterocycles. The number of amides is 2. The summed E-state index contributed by atoms with van der Waals surface area (Å²) in [7, 11) is 1.80. The first-order valence-corrected chi connectivity index (χ1v) is 6.41. The first kappa shape index (κ1) is 13.4. The molecule has 1 saturated carbocycles. The highest BCUT2D eigenvalue weighted by atomic mass is 16.4. The number of hydrogen-bond acceptors (Lipinski definition) is 2. The van der Waals surface area contributed by atoms with Gasteiger partial charge in [-0.25, -0.2) is 4.79 Å². The van der Waals surface area contributed by atoms with Crippen molar-refractivity contribution in [3.63, 3.8) is 0 Å². The minimum atomic E-state index is -0.860.